The highest BCUT2D eigenvalue weighted by Crippen LogP contribution is 2.17. The number of thiocarbonyl (C=S) groups is 1. The standard InChI is InChI=1S/C19H30N4O2S/c1-15(2)16-4-6-17(7-5-16)21-19(26)23-11-9-22(10-12-23)14-18(24)20-8-13-25-3/h4-7,15H,8-14H2,1-3H3,(H,20,24)(H,21,26). The molecule has 1 fully saturated rings. The predicted molar refractivity (Wildman–Crippen MR) is 110 cm³/mol. The van der Waals surface area contributed by atoms with Crippen molar-refractivity contribution < 1.29 is 9.53 Å². The van der Waals surface area contributed by atoms with Crippen molar-refractivity contribution in [3.8, 4) is 0 Å². The molecule has 1 aliphatic heterocycles. The third kappa shape index (κ3) is 6.55. The summed E-state index contributed by atoms with van der Waals surface area (Å²) in [7, 11) is 1.63. The van der Waals surface area contributed by atoms with E-state index in [2.05, 4.69) is 58.5 Å². The topological polar surface area (TPSA) is 56.8 Å². The second kappa shape index (κ2) is 10.4. The molecule has 26 heavy (non-hydrogen) atoms. The lowest BCUT2D eigenvalue weighted by atomic mass is 10.0. The van der Waals surface area contributed by atoms with Gasteiger partial charge in [-0.2, -0.15) is 0 Å². The lowest BCUT2D eigenvalue weighted by molar-refractivity contribution is -0.122. The molecule has 0 bridgehead atoms. The van der Waals surface area contributed by atoms with E-state index >= 15 is 0 Å². The number of rotatable bonds is 7. The fourth-order valence-electron chi connectivity index (χ4n) is 2.81. The average Bonchev–Trinajstić information content (AvgIpc) is 2.63. The zero-order chi connectivity index (χ0) is 18.9. The summed E-state index contributed by atoms with van der Waals surface area (Å²) < 4.78 is 4.93. The molecule has 0 atom stereocenters. The Bertz CT molecular complexity index is 584. The van der Waals surface area contributed by atoms with Crippen molar-refractivity contribution in [1.82, 2.24) is 15.1 Å². The molecule has 0 aromatic heterocycles. The minimum Gasteiger partial charge on any atom is -0.383 e. The summed E-state index contributed by atoms with van der Waals surface area (Å²) in [5.74, 6) is 0.567. The van der Waals surface area contributed by atoms with Crippen LogP contribution in [0.25, 0.3) is 0 Å². The van der Waals surface area contributed by atoms with Gasteiger partial charge < -0.3 is 20.3 Å². The third-order valence-electron chi connectivity index (χ3n) is 4.48. The zero-order valence-electron chi connectivity index (χ0n) is 16.0. The number of hydrogen-bond donors (Lipinski definition) is 2. The minimum absolute atomic E-state index is 0.0430. The van der Waals surface area contributed by atoms with Gasteiger partial charge >= 0.3 is 0 Å². The van der Waals surface area contributed by atoms with E-state index in [1.807, 2.05) is 0 Å². The van der Waals surface area contributed by atoms with Crippen molar-refractivity contribution in [2.45, 2.75) is 19.8 Å². The zero-order valence-corrected chi connectivity index (χ0v) is 16.8. The van der Waals surface area contributed by atoms with Gasteiger partial charge in [0.2, 0.25) is 5.91 Å². The molecule has 0 aliphatic carbocycles. The van der Waals surface area contributed by atoms with Gasteiger partial charge in [0.15, 0.2) is 5.11 Å². The Hall–Kier alpha value is -1.70. The van der Waals surface area contributed by atoms with Gasteiger partial charge in [0.05, 0.1) is 13.2 Å². The molecule has 0 saturated carbocycles. The van der Waals surface area contributed by atoms with Crippen LogP contribution in [0.5, 0.6) is 0 Å². The van der Waals surface area contributed by atoms with Crippen molar-refractivity contribution in [2.75, 3.05) is 58.3 Å². The summed E-state index contributed by atoms with van der Waals surface area (Å²) in [6.07, 6.45) is 0. The van der Waals surface area contributed by atoms with Gasteiger partial charge in [-0.05, 0) is 35.8 Å². The van der Waals surface area contributed by atoms with Crippen LogP contribution in [0, 0.1) is 0 Å². The third-order valence-corrected chi connectivity index (χ3v) is 4.84. The Kier molecular flexibility index (Phi) is 8.28. The van der Waals surface area contributed by atoms with Crippen molar-refractivity contribution in [2.24, 2.45) is 0 Å². The van der Waals surface area contributed by atoms with Crippen molar-refractivity contribution in [3.63, 3.8) is 0 Å². The SMILES string of the molecule is COCCNC(=O)CN1CCN(C(=S)Nc2ccc(C(C)C)cc2)CC1. The molecule has 7 heteroatoms. The highest BCUT2D eigenvalue weighted by molar-refractivity contribution is 7.80. The molecule has 1 heterocycles. The minimum atomic E-state index is 0.0430. The van der Waals surface area contributed by atoms with Gasteiger partial charge in [-0.1, -0.05) is 26.0 Å². The Morgan fingerprint density at radius 1 is 1.19 bits per heavy atom. The number of hydrogen-bond acceptors (Lipinski definition) is 4. The largest absolute Gasteiger partial charge is 0.383 e. The van der Waals surface area contributed by atoms with Crippen molar-refractivity contribution in [1.29, 1.82) is 0 Å². The first-order valence-corrected chi connectivity index (χ1v) is 9.54. The van der Waals surface area contributed by atoms with Gasteiger partial charge in [-0.25, -0.2) is 0 Å². The summed E-state index contributed by atoms with van der Waals surface area (Å²) in [6, 6.07) is 8.41. The fraction of sp³-hybridized carbons (Fsp3) is 0.579. The molecule has 0 radical (unpaired) electrons. The maximum atomic E-state index is 11.9. The van der Waals surface area contributed by atoms with E-state index in [9.17, 15) is 4.79 Å². The maximum absolute atomic E-state index is 11.9. The molecule has 2 rings (SSSR count). The molecule has 144 valence electrons. The first-order chi connectivity index (χ1) is 12.5. The molecule has 1 aromatic carbocycles. The molecule has 2 N–H and O–H groups in total. The number of piperazine rings is 1. The number of nitrogens with one attached hydrogen (secondary N) is 2. The highest BCUT2D eigenvalue weighted by Gasteiger charge is 2.20. The predicted octanol–water partition coefficient (Wildman–Crippen LogP) is 1.89. The summed E-state index contributed by atoms with van der Waals surface area (Å²) in [5.41, 5.74) is 2.33. The molecule has 1 saturated heterocycles. The number of nitrogens with zero attached hydrogens (tertiary/aromatic N) is 2. The van der Waals surface area contributed by atoms with Gasteiger partial charge in [-0.15, -0.1) is 0 Å². The maximum Gasteiger partial charge on any atom is 0.234 e. The number of ether oxygens (including phenoxy) is 1. The smallest absolute Gasteiger partial charge is 0.234 e. The average molecular weight is 379 g/mol. The summed E-state index contributed by atoms with van der Waals surface area (Å²) in [4.78, 5) is 16.2. The lowest BCUT2D eigenvalue weighted by Crippen LogP contribution is -2.52. The van der Waals surface area contributed by atoms with E-state index < -0.39 is 0 Å². The van der Waals surface area contributed by atoms with Crippen LogP contribution in [0.4, 0.5) is 5.69 Å². The van der Waals surface area contributed by atoms with Gasteiger partial charge in [0, 0.05) is 45.5 Å². The Morgan fingerprint density at radius 2 is 1.85 bits per heavy atom. The molecule has 0 spiro atoms. The van der Waals surface area contributed by atoms with E-state index in [0.717, 1.165) is 37.0 Å². The van der Waals surface area contributed by atoms with E-state index in [1.54, 1.807) is 7.11 Å². The number of anilines is 1. The number of methoxy groups -OCH3 is 1. The molecular weight excluding hydrogens is 348 g/mol. The van der Waals surface area contributed by atoms with Crippen LogP contribution >= 0.6 is 12.2 Å². The Labute approximate surface area is 161 Å². The Balaban J connectivity index is 1.73. The number of carbonyl (C=O) groups is 1. The van der Waals surface area contributed by atoms with E-state index in [0.29, 0.717) is 25.6 Å². The lowest BCUT2D eigenvalue weighted by Gasteiger charge is -2.35. The van der Waals surface area contributed by atoms with Crippen LogP contribution in [-0.2, 0) is 9.53 Å². The number of carbonyl (C=O) groups excluding carboxylic acids is 1. The van der Waals surface area contributed by atoms with Crippen LogP contribution in [0.1, 0.15) is 25.3 Å². The normalized spacial score (nSPS) is 15.2. The Morgan fingerprint density at radius 3 is 2.42 bits per heavy atom. The number of benzene rings is 1. The molecule has 0 unspecified atom stereocenters. The van der Waals surface area contributed by atoms with Crippen LogP contribution in [0.2, 0.25) is 0 Å². The first-order valence-electron chi connectivity index (χ1n) is 9.13. The van der Waals surface area contributed by atoms with Crippen molar-refractivity contribution in [3.05, 3.63) is 29.8 Å². The summed E-state index contributed by atoms with van der Waals surface area (Å²) in [5, 5.41) is 6.91. The van der Waals surface area contributed by atoms with Gasteiger partial charge in [-0.3, -0.25) is 9.69 Å². The molecule has 1 aliphatic rings. The van der Waals surface area contributed by atoms with E-state index in [1.165, 1.54) is 5.56 Å². The second-order valence-corrected chi connectivity index (χ2v) is 7.20. The molecule has 6 nitrogen and oxygen atoms in total. The van der Waals surface area contributed by atoms with Gasteiger partial charge in [0.1, 0.15) is 0 Å². The van der Waals surface area contributed by atoms with Gasteiger partial charge in [0.25, 0.3) is 0 Å². The monoisotopic (exact) mass is 378 g/mol. The van der Waals surface area contributed by atoms with Crippen LogP contribution in [0.3, 0.4) is 0 Å². The molecule has 1 amide bonds. The van der Waals surface area contributed by atoms with E-state index in [-0.39, 0.29) is 5.91 Å². The molecular formula is C19H30N4O2S. The number of amides is 1. The van der Waals surface area contributed by atoms with Crippen LogP contribution in [0.15, 0.2) is 24.3 Å². The fourth-order valence-corrected chi connectivity index (χ4v) is 3.11. The summed E-state index contributed by atoms with van der Waals surface area (Å²) in [6.45, 7) is 9.18. The summed E-state index contributed by atoms with van der Waals surface area (Å²) >= 11 is 5.54. The first kappa shape index (κ1) is 20.6. The van der Waals surface area contributed by atoms with Crippen LogP contribution < -0.4 is 10.6 Å². The molecule has 1 aromatic rings. The highest BCUT2D eigenvalue weighted by atomic mass is 32.1. The van der Waals surface area contributed by atoms with Crippen molar-refractivity contribution >= 4 is 28.9 Å². The van der Waals surface area contributed by atoms with E-state index in [4.69, 9.17) is 17.0 Å². The van der Waals surface area contributed by atoms with Crippen LogP contribution in [-0.4, -0.2) is 73.8 Å². The second-order valence-electron chi connectivity index (χ2n) is 6.81. The quantitative estimate of drug-likeness (QED) is 0.558.